The molecule has 1 saturated heterocycles. The van der Waals surface area contributed by atoms with Crippen LogP contribution in [0.1, 0.15) is 5.56 Å². The summed E-state index contributed by atoms with van der Waals surface area (Å²) in [6.45, 7) is 1.21. The summed E-state index contributed by atoms with van der Waals surface area (Å²) < 4.78 is 14.5. The Labute approximate surface area is 182 Å². The number of halogens is 2. The number of nitrogens with zero attached hydrogens (tertiary/aromatic N) is 5. The number of benzene rings is 2. The van der Waals surface area contributed by atoms with Gasteiger partial charge in [-0.25, -0.2) is 19.0 Å². The average molecular weight is 444 g/mol. The van der Waals surface area contributed by atoms with Crippen LogP contribution in [0.25, 0.3) is 0 Å². The molecule has 31 heavy (non-hydrogen) atoms. The van der Waals surface area contributed by atoms with Gasteiger partial charge in [-0.2, -0.15) is 4.98 Å². The SMILES string of the molecule is O=C(O)C1CN(c2ccc(F)cc2)CCN1c1ncn(Cc2ccc(Cl)cc2)c(=O)n1. The molecule has 0 aliphatic carbocycles. The summed E-state index contributed by atoms with van der Waals surface area (Å²) in [5.41, 5.74) is 1.07. The van der Waals surface area contributed by atoms with E-state index in [1.165, 1.54) is 27.9 Å². The second-order valence-corrected chi connectivity index (χ2v) is 7.60. The summed E-state index contributed by atoms with van der Waals surface area (Å²) in [5.74, 6) is -1.34. The molecular formula is C21H19ClFN5O3. The molecule has 3 aromatic rings. The Kier molecular flexibility index (Phi) is 5.85. The van der Waals surface area contributed by atoms with Gasteiger partial charge >= 0.3 is 11.7 Å². The van der Waals surface area contributed by atoms with E-state index in [9.17, 15) is 19.1 Å². The Balaban J connectivity index is 1.53. The molecular weight excluding hydrogens is 425 g/mol. The Morgan fingerprint density at radius 3 is 2.48 bits per heavy atom. The van der Waals surface area contributed by atoms with E-state index in [1.54, 1.807) is 36.4 Å². The summed E-state index contributed by atoms with van der Waals surface area (Å²) in [6, 6.07) is 12.0. The maximum Gasteiger partial charge on any atom is 0.352 e. The first-order valence-electron chi connectivity index (χ1n) is 9.58. The highest BCUT2D eigenvalue weighted by molar-refractivity contribution is 6.30. The van der Waals surface area contributed by atoms with Gasteiger partial charge in [0.15, 0.2) is 0 Å². The second-order valence-electron chi connectivity index (χ2n) is 7.16. The molecule has 1 unspecified atom stereocenters. The fourth-order valence-electron chi connectivity index (χ4n) is 3.50. The van der Waals surface area contributed by atoms with Gasteiger partial charge < -0.3 is 14.9 Å². The number of carboxylic acid groups (broad SMARTS) is 1. The molecule has 160 valence electrons. The minimum atomic E-state index is -1.05. The van der Waals surface area contributed by atoms with Gasteiger partial charge in [-0.1, -0.05) is 23.7 Å². The van der Waals surface area contributed by atoms with Crippen LogP contribution in [-0.4, -0.2) is 51.3 Å². The molecule has 0 radical (unpaired) electrons. The van der Waals surface area contributed by atoms with Gasteiger partial charge in [0.2, 0.25) is 5.95 Å². The highest BCUT2D eigenvalue weighted by Gasteiger charge is 2.34. The fourth-order valence-corrected chi connectivity index (χ4v) is 3.63. The zero-order valence-corrected chi connectivity index (χ0v) is 17.1. The zero-order valence-electron chi connectivity index (χ0n) is 16.4. The monoisotopic (exact) mass is 443 g/mol. The molecule has 10 heteroatoms. The van der Waals surface area contributed by atoms with E-state index in [-0.39, 0.29) is 24.9 Å². The highest BCUT2D eigenvalue weighted by atomic mass is 35.5. The van der Waals surface area contributed by atoms with Crippen LogP contribution in [0, 0.1) is 5.82 Å². The summed E-state index contributed by atoms with van der Waals surface area (Å²) in [4.78, 5) is 36.0. The van der Waals surface area contributed by atoms with Crippen molar-refractivity contribution in [2.24, 2.45) is 0 Å². The number of rotatable bonds is 5. The first-order valence-corrected chi connectivity index (χ1v) is 9.96. The van der Waals surface area contributed by atoms with Crippen LogP contribution < -0.4 is 15.5 Å². The number of carbonyl (C=O) groups is 1. The fraction of sp³-hybridized carbons (Fsp3) is 0.238. The number of aromatic nitrogens is 3. The zero-order chi connectivity index (χ0) is 22.0. The molecule has 0 bridgehead atoms. The molecule has 2 aromatic carbocycles. The van der Waals surface area contributed by atoms with Crippen LogP contribution in [-0.2, 0) is 11.3 Å². The van der Waals surface area contributed by atoms with Gasteiger partial charge in [-0.15, -0.1) is 0 Å². The lowest BCUT2D eigenvalue weighted by Crippen LogP contribution is -2.57. The Bertz CT molecular complexity index is 1140. The first kappa shape index (κ1) is 20.8. The normalized spacial score (nSPS) is 16.4. The van der Waals surface area contributed by atoms with Crippen molar-refractivity contribution in [3.05, 3.63) is 81.7 Å². The van der Waals surface area contributed by atoms with E-state index in [1.807, 2.05) is 4.90 Å². The maximum atomic E-state index is 13.2. The van der Waals surface area contributed by atoms with Crippen molar-refractivity contribution in [1.82, 2.24) is 14.5 Å². The number of hydrogen-bond donors (Lipinski definition) is 1. The lowest BCUT2D eigenvalue weighted by atomic mass is 10.1. The lowest BCUT2D eigenvalue weighted by molar-refractivity contribution is -0.138. The summed E-state index contributed by atoms with van der Waals surface area (Å²) in [6.07, 6.45) is 1.37. The van der Waals surface area contributed by atoms with Gasteiger partial charge in [0.05, 0.1) is 6.54 Å². The quantitative estimate of drug-likeness (QED) is 0.646. The third kappa shape index (κ3) is 4.66. The van der Waals surface area contributed by atoms with Crippen LogP contribution >= 0.6 is 11.6 Å². The van der Waals surface area contributed by atoms with E-state index >= 15 is 0 Å². The number of anilines is 2. The lowest BCUT2D eigenvalue weighted by Gasteiger charge is -2.40. The number of carboxylic acids is 1. The van der Waals surface area contributed by atoms with Gasteiger partial charge in [-0.05, 0) is 42.0 Å². The molecule has 2 heterocycles. The minimum Gasteiger partial charge on any atom is -0.480 e. The summed E-state index contributed by atoms with van der Waals surface area (Å²) >= 11 is 5.88. The molecule has 1 aliphatic rings. The van der Waals surface area contributed by atoms with Crippen molar-refractivity contribution >= 4 is 29.2 Å². The van der Waals surface area contributed by atoms with Gasteiger partial charge in [0.1, 0.15) is 18.2 Å². The average Bonchev–Trinajstić information content (AvgIpc) is 2.77. The smallest absolute Gasteiger partial charge is 0.352 e. The molecule has 1 aliphatic heterocycles. The van der Waals surface area contributed by atoms with Gasteiger partial charge in [-0.3, -0.25) is 4.57 Å². The number of piperazine rings is 1. The summed E-state index contributed by atoms with van der Waals surface area (Å²) in [7, 11) is 0. The van der Waals surface area contributed by atoms with E-state index in [4.69, 9.17) is 11.6 Å². The van der Waals surface area contributed by atoms with Crippen molar-refractivity contribution in [2.45, 2.75) is 12.6 Å². The van der Waals surface area contributed by atoms with Crippen LogP contribution in [0.5, 0.6) is 0 Å². The van der Waals surface area contributed by atoms with Crippen molar-refractivity contribution in [2.75, 3.05) is 29.4 Å². The molecule has 0 spiro atoms. The van der Waals surface area contributed by atoms with Crippen molar-refractivity contribution in [1.29, 1.82) is 0 Å². The number of aliphatic carboxylic acids is 1. The van der Waals surface area contributed by atoms with Crippen LogP contribution in [0.3, 0.4) is 0 Å². The van der Waals surface area contributed by atoms with E-state index < -0.39 is 17.7 Å². The molecule has 1 fully saturated rings. The van der Waals surface area contributed by atoms with Crippen LogP contribution in [0.15, 0.2) is 59.7 Å². The van der Waals surface area contributed by atoms with Gasteiger partial charge in [0.25, 0.3) is 0 Å². The Morgan fingerprint density at radius 1 is 1.13 bits per heavy atom. The third-order valence-electron chi connectivity index (χ3n) is 5.13. The highest BCUT2D eigenvalue weighted by Crippen LogP contribution is 2.22. The van der Waals surface area contributed by atoms with Crippen LogP contribution in [0.4, 0.5) is 16.0 Å². The molecule has 0 amide bonds. The maximum absolute atomic E-state index is 13.2. The minimum absolute atomic E-state index is 0.0727. The molecule has 1 atom stereocenters. The molecule has 1 N–H and O–H groups in total. The number of hydrogen-bond acceptors (Lipinski definition) is 6. The largest absolute Gasteiger partial charge is 0.480 e. The second kappa shape index (κ2) is 8.73. The first-order chi connectivity index (χ1) is 14.9. The molecule has 4 rings (SSSR count). The van der Waals surface area contributed by atoms with Crippen molar-refractivity contribution in [3.8, 4) is 0 Å². The predicted octanol–water partition coefficient (Wildman–Crippen LogP) is 2.26. The van der Waals surface area contributed by atoms with Crippen LogP contribution in [0.2, 0.25) is 5.02 Å². The predicted molar refractivity (Wildman–Crippen MR) is 114 cm³/mol. The standard InChI is InChI=1S/C21H19ClFN5O3/c22-15-3-1-14(2-4-15)11-27-13-24-20(25-21(27)31)28-10-9-26(12-18(28)19(29)30)17-7-5-16(23)6-8-17/h1-8,13,18H,9-12H2,(H,29,30). The topological polar surface area (TPSA) is 91.6 Å². The Hall–Kier alpha value is -3.46. The van der Waals surface area contributed by atoms with E-state index in [0.717, 1.165) is 11.3 Å². The van der Waals surface area contributed by atoms with Gasteiger partial charge in [0, 0.05) is 30.3 Å². The Morgan fingerprint density at radius 2 is 1.84 bits per heavy atom. The van der Waals surface area contributed by atoms with E-state index in [0.29, 0.717) is 18.1 Å². The molecule has 8 nitrogen and oxygen atoms in total. The van der Waals surface area contributed by atoms with Crippen molar-refractivity contribution in [3.63, 3.8) is 0 Å². The molecule has 0 saturated carbocycles. The molecule has 1 aromatic heterocycles. The third-order valence-corrected chi connectivity index (χ3v) is 5.39. The van der Waals surface area contributed by atoms with E-state index in [2.05, 4.69) is 9.97 Å². The summed E-state index contributed by atoms with van der Waals surface area (Å²) in [5, 5.41) is 10.3. The van der Waals surface area contributed by atoms with Crippen molar-refractivity contribution < 1.29 is 14.3 Å².